The van der Waals surface area contributed by atoms with Gasteiger partial charge in [-0.3, -0.25) is 14.9 Å². The van der Waals surface area contributed by atoms with E-state index in [-0.39, 0.29) is 23.8 Å². The van der Waals surface area contributed by atoms with E-state index in [1.165, 1.54) is 31.4 Å². The molecule has 7 heteroatoms. The average molecular weight is 437 g/mol. The number of aliphatic hydroxyl groups excluding tert-OH is 1. The Morgan fingerprint density at radius 1 is 1.19 bits per heavy atom. The quantitative estimate of drug-likeness (QED) is 0.489. The Balaban J connectivity index is 1.56. The monoisotopic (exact) mass is 436 g/mol. The molecule has 1 atom stereocenters. The fourth-order valence-corrected chi connectivity index (χ4v) is 4.48. The molecule has 1 aliphatic rings. The molecule has 2 aromatic heterocycles. The highest BCUT2D eigenvalue weighted by Gasteiger charge is 2.24. The summed E-state index contributed by atoms with van der Waals surface area (Å²) in [5, 5.41) is 19.8. The molecule has 1 amide bonds. The maximum Gasteiger partial charge on any atom is 0.252 e. The van der Waals surface area contributed by atoms with Gasteiger partial charge in [-0.25, -0.2) is 4.39 Å². The van der Waals surface area contributed by atoms with Gasteiger partial charge in [0.15, 0.2) is 0 Å². The van der Waals surface area contributed by atoms with Gasteiger partial charge in [-0.2, -0.15) is 5.10 Å². The Morgan fingerprint density at radius 2 is 2.03 bits per heavy atom. The van der Waals surface area contributed by atoms with Crippen molar-refractivity contribution < 1.29 is 14.3 Å². The van der Waals surface area contributed by atoms with Gasteiger partial charge in [0.1, 0.15) is 5.82 Å². The van der Waals surface area contributed by atoms with Gasteiger partial charge in [0, 0.05) is 42.6 Å². The van der Waals surface area contributed by atoms with E-state index in [9.17, 15) is 14.3 Å². The number of rotatable bonds is 8. The van der Waals surface area contributed by atoms with Gasteiger partial charge >= 0.3 is 0 Å². The van der Waals surface area contributed by atoms with Crippen LogP contribution in [0.25, 0.3) is 11.3 Å². The van der Waals surface area contributed by atoms with E-state index in [4.69, 9.17) is 0 Å². The molecule has 3 aromatic rings. The predicted octanol–water partition coefficient (Wildman–Crippen LogP) is 4.38. The van der Waals surface area contributed by atoms with E-state index < -0.39 is 11.7 Å². The van der Waals surface area contributed by atoms with E-state index in [1.807, 2.05) is 24.3 Å². The Labute approximate surface area is 187 Å². The number of nitrogens with one attached hydrogen (secondary N) is 2. The van der Waals surface area contributed by atoms with Gasteiger partial charge in [-0.15, -0.1) is 0 Å². The lowest BCUT2D eigenvalue weighted by molar-refractivity contribution is 0.0930. The van der Waals surface area contributed by atoms with Crippen LogP contribution in [0.5, 0.6) is 0 Å². The number of nitrogens with zero attached hydrogens (tertiary/aromatic N) is 2. The van der Waals surface area contributed by atoms with Crippen molar-refractivity contribution >= 4 is 5.91 Å². The molecule has 1 aliphatic carbocycles. The molecule has 2 heterocycles. The van der Waals surface area contributed by atoms with Gasteiger partial charge in [0.05, 0.1) is 16.8 Å². The van der Waals surface area contributed by atoms with Gasteiger partial charge in [0.2, 0.25) is 0 Å². The number of aromatic nitrogens is 3. The van der Waals surface area contributed by atoms with E-state index in [1.54, 1.807) is 12.3 Å². The number of carbonyl (C=O) groups is 1. The lowest BCUT2D eigenvalue weighted by Gasteiger charge is -2.19. The number of pyridine rings is 1. The molecule has 6 nitrogen and oxygen atoms in total. The standard InChI is InChI=1S/C25H29FN4O2/c26-21-11-6-10-20(24(21)23-16-22(29-30-23)17-7-2-1-3-8-17)25(32)28-19(12-14-31)15-18-9-4-5-13-27-18/h4-6,9-11,13,16-17,19,31H,1-3,7-8,12,14-15H2,(H,28,32)(H,29,30)/t19-/m0/s1. The first-order chi connectivity index (χ1) is 15.7. The van der Waals surface area contributed by atoms with Crippen molar-refractivity contribution in [2.24, 2.45) is 0 Å². The van der Waals surface area contributed by atoms with Crippen molar-refractivity contribution in [1.29, 1.82) is 0 Å². The van der Waals surface area contributed by atoms with Crippen molar-refractivity contribution in [3.63, 3.8) is 0 Å². The minimum Gasteiger partial charge on any atom is -0.396 e. The van der Waals surface area contributed by atoms with Crippen LogP contribution in [0.4, 0.5) is 4.39 Å². The van der Waals surface area contributed by atoms with Crippen LogP contribution in [-0.4, -0.2) is 38.8 Å². The summed E-state index contributed by atoms with van der Waals surface area (Å²) in [4.78, 5) is 17.5. The topological polar surface area (TPSA) is 90.9 Å². The SMILES string of the molecule is O=C(N[C@@H](CCO)Cc1ccccn1)c1cccc(F)c1-c1cc(C2CCCCC2)[nH]n1. The third-order valence-corrected chi connectivity index (χ3v) is 6.15. The molecule has 0 saturated heterocycles. The van der Waals surface area contributed by atoms with E-state index in [0.29, 0.717) is 24.5 Å². The number of aliphatic hydroxyl groups is 1. The van der Waals surface area contributed by atoms with Crippen molar-refractivity contribution in [1.82, 2.24) is 20.5 Å². The first-order valence-corrected chi connectivity index (χ1v) is 11.3. The lowest BCUT2D eigenvalue weighted by Crippen LogP contribution is -2.37. The summed E-state index contributed by atoms with van der Waals surface area (Å²) < 4.78 is 14.9. The minimum absolute atomic E-state index is 0.0715. The van der Waals surface area contributed by atoms with Crippen LogP contribution in [0.1, 0.15) is 66.2 Å². The lowest BCUT2D eigenvalue weighted by atomic mass is 9.87. The molecule has 1 saturated carbocycles. The molecule has 0 aliphatic heterocycles. The third-order valence-electron chi connectivity index (χ3n) is 6.15. The molecule has 3 N–H and O–H groups in total. The predicted molar refractivity (Wildman–Crippen MR) is 121 cm³/mol. The first-order valence-electron chi connectivity index (χ1n) is 11.3. The maximum absolute atomic E-state index is 14.9. The fourth-order valence-electron chi connectivity index (χ4n) is 4.48. The average Bonchev–Trinajstić information content (AvgIpc) is 3.30. The summed E-state index contributed by atoms with van der Waals surface area (Å²) >= 11 is 0. The number of H-pyrrole nitrogens is 1. The Morgan fingerprint density at radius 3 is 2.78 bits per heavy atom. The number of carbonyl (C=O) groups excluding carboxylic acids is 1. The highest BCUT2D eigenvalue weighted by Crippen LogP contribution is 2.34. The Hall–Kier alpha value is -3.06. The summed E-state index contributed by atoms with van der Waals surface area (Å²) in [6, 6.07) is 11.6. The number of benzene rings is 1. The number of aromatic amines is 1. The molecular weight excluding hydrogens is 407 g/mol. The van der Waals surface area contributed by atoms with Crippen molar-refractivity contribution in [3.8, 4) is 11.3 Å². The third kappa shape index (κ3) is 5.22. The van der Waals surface area contributed by atoms with Crippen LogP contribution in [0.2, 0.25) is 0 Å². The highest BCUT2D eigenvalue weighted by atomic mass is 19.1. The second kappa shape index (κ2) is 10.5. The summed E-state index contributed by atoms with van der Waals surface area (Å²) in [6.07, 6.45) is 8.38. The van der Waals surface area contributed by atoms with Gasteiger partial charge < -0.3 is 10.4 Å². The molecule has 1 aromatic carbocycles. The Bertz CT molecular complexity index is 1030. The number of hydrogen-bond acceptors (Lipinski definition) is 4. The molecule has 4 rings (SSSR count). The van der Waals surface area contributed by atoms with E-state index >= 15 is 0 Å². The second-order valence-corrected chi connectivity index (χ2v) is 8.41. The zero-order valence-corrected chi connectivity index (χ0v) is 18.1. The molecule has 0 spiro atoms. The molecule has 0 unspecified atom stereocenters. The maximum atomic E-state index is 14.9. The summed E-state index contributed by atoms with van der Waals surface area (Å²) in [7, 11) is 0. The second-order valence-electron chi connectivity index (χ2n) is 8.41. The van der Waals surface area contributed by atoms with Crippen LogP contribution in [0.3, 0.4) is 0 Å². The molecule has 168 valence electrons. The molecule has 0 bridgehead atoms. The first kappa shape index (κ1) is 22.1. The highest BCUT2D eigenvalue weighted by molar-refractivity contribution is 6.00. The molecule has 0 radical (unpaired) electrons. The summed E-state index contributed by atoms with van der Waals surface area (Å²) in [6.45, 7) is -0.0715. The van der Waals surface area contributed by atoms with E-state index in [2.05, 4.69) is 20.5 Å². The van der Waals surface area contributed by atoms with Crippen LogP contribution in [0, 0.1) is 5.82 Å². The van der Waals surface area contributed by atoms with Crippen LogP contribution in [0.15, 0.2) is 48.7 Å². The molecular formula is C25H29FN4O2. The zero-order chi connectivity index (χ0) is 22.3. The minimum atomic E-state index is -0.484. The van der Waals surface area contributed by atoms with E-state index in [0.717, 1.165) is 24.2 Å². The zero-order valence-electron chi connectivity index (χ0n) is 18.1. The Kier molecular flexibility index (Phi) is 7.27. The smallest absolute Gasteiger partial charge is 0.252 e. The van der Waals surface area contributed by atoms with Crippen molar-refractivity contribution in [2.45, 2.75) is 56.9 Å². The largest absolute Gasteiger partial charge is 0.396 e. The number of amides is 1. The van der Waals surface area contributed by atoms with Crippen molar-refractivity contribution in [3.05, 3.63) is 71.4 Å². The molecule has 32 heavy (non-hydrogen) atoms. The fraction of sp³-hybridized carbons (Fsp3) is 0.400. The van der Waals surface area contributed by atoms with Gasteiger partial charge in [0.25, 0.3) is 5.91 Å². The van der Waals surface area contributed by atoms with Crippen molar-refractivity contribution in [2.75, 3.05) is 6.61 Å². The number of hydrogen-bond donors (Lipinski definition) is 3. The van der Waals surface area contributed by atoms with Gasteiger partial charge in [-0.05, 0) is 49.6 Å². The number of halogens is 1. The van der Waals surface area contributed by atoms with Crippen LogP contribution in [-0.2, 0) is 6.42 Å². The summed E-state index contributed by atoms with van der Waals surface area (Å²) in [5.41, 5.74) is 2.69. The summed E-state index contributed by atoms with van der Waals surface area (Å²) in [5.74, 6) is -0.472. The van der Waals surface area contributed by atoms with Crippen LogP contribution >= 0.6 is 0 Å². The molecule has 1 fully saturated rings. The van der Waals surface area contributed by atoms with Gasteiger partial charge in [-0.1, -0.05) is 31.4 Å². The normalized spacial score (nSPS) is 15.4. The van der Waals surface area contributed by atoms with Crippen LogP contribution < -0.4 is 5.32 Å².